The first kappa shape index (κ1) is 17.9. The Balaban J connectivity index is 2.20. The minimum Gasteiger partial charge on any atom is -0.465 e. The van der Waals surface area contributed by atoms with Gasteiger partial charge in [-0.15, -0.1) is 0 Å². The van der Waals surface area contributed by atoms with Gasteiger partial charge in [0.15, 0.2) is 0 Å². The highest BCUT2D eigenvalue weighted by molar-refractivity contribution is 5.77. The fraction of sp³-hybridized carbons (Fsp3) is 0.316. The van der Waals surface area contributed by atoms with Gasteiger partial charge in [-0.2, -0.15) is 0 Å². The molecule has 1 aromatic rings. The van der Waals surface area contributed by atoms with Crippen molar-refractivity contribution in [2.45, 2.75) is 25.7 Å². The van der Waals surface area contributed by atoms with Gasteiger partial charge >= 0.3 is 5.97 Å². The molecule has 0 radical (unpaired) electrons. The Morgan fingerprint density at radius 3 is 2.71 bits per heavy atom. The maximum atomic E-state index is 12.1. The Morgan fingerprint density at radius 1 is 1.29 bits per heavy atom. The molecule has 24 heavy (non-hydrogen) atoms. The normalized spacial score (nSPS) is 18.8. The van der Waals surface area contributed by atoms with E-state index in [2.05, 4.69) is 0 Å². The standard InChI is InChI=1S/C19H21NO4/c1-2-23-19(22)17(20)18(16-11-7-6-10-15(16)12-21)24-13-14-8-4-3-5-9-14/h3-11,16-18H,2,13,20H2,1H3. The van der Waals surface area contributed by atoms with E-state index in [1.54, 1.807) is 31.2 Å². The van der Waals surface area contributed by atoms with E-state index >= 15 is 0 Å². The highest BCUT2D eigenvalue weighted by Gasteiger charge is 2.35. The van der Waals surface area contributed by atoms with Crippen molar-refractivity contribution in [3.05, 3.63) is 65.8 Å². The summed E-state index contributed by atoms with van der Waals surface area (Å²) in [4.78, 5) is 23.3. The Hall–Kier alpha value is -2.46. The van der Waals surface area contributed by atoms with Crippen LogP contribution in [-0.4, -0.2) is 30.7 Å². The van der Waals surface area contributed by atoms with E-state index in [4.69, 9.17) is 15.2 Å². The molecule has 0 saturated carbocycles. The van der Waals surface area contributed by atoms with E-state index in [1.165, 1.54) is 0 Å². The molecule has 2 N–H and O–H groups in total. The van der Waals surface area contributed by atoms with Gasteiger partial charge in [-0.1, -0.05) is 48.6 Å². The van der Waals surface area contributed by atoms with E-state index in [0.717, 1.165) is 5.56 Å². The second-order valence-corrected chi connectivity index (χ2v) is 5.37. The van der Waals surface area contributed by atoms with Crippen molar-refractivity contribution >= 4 is 11.9 Å². The zero-order valence-electron chi connectivity index (χ0n) is 13.6. The third-order valence-corrected chi connectivity index (χ3v) is 3.73. The van der Waals surface area contributed by atoms with Crippen molar-refractivity contribution in [2.24, 2.45) is 11.7 Å². The average molecular weight is 327 g/mol. The van der Waals surface area contributed by atoms with Gasteiger partial charge in [-0.05, 0) is 18.6 Å². The predicted molar refractivity (Wildman–Crippen MR) is 90.6 cm³/mol. The second kappa shape index (κ2) is 8.99. The summed E-state index contributed by atoms with van der Waals surface area (Å²) in [5.74, 6) is 0.899. The lowest BCUT2D eigenvalue weighted by atomic mass is 9.86. The monoisotopic (exact) mass is 327 g/mol. The van der Waals surface area contributed by atoms with Gasteiger partial charge < -0.3 is 15.2 Å². The van der Waals surface area contributed by atoms with Gasteiger partial charge in [0, 0.05) is 11.5 Å². The Labute approximate surface area is 141 Å². The summed E-state index contributed by atoms with van der Waals surface area (Å²) in [7, 11) is 0. The Kier molecular flexibility index (Phi) is 6.70. The van der Waals surface area contributed by atoms with E-state index in [-0.39, 0.29) is 13.2 Å². The van der Waals surface area contributed by atoms with Crippen LogP contribution in [0.2, 0.25) is 0 Å². The molecule has 0 saturated heterocycles. The van der Waals surface area contributed by atoms with Crippen LogP contribution in [0.4, 0.5) is 0 Å². The maximum absolute atomic E-state index is 12.1. The summed E-state index contributed by atoms with van der Waals surface area (Å²) in [6, 6.07) is 8.55. The molecule has 0 heterocycles. The van der Waals surface area contributed by atoms with Crippen LogP contribution in [0.15, 0.2) is 60.2 Å². The second-order valence-electron chi connectivity index (χ2n) is 5.37. The topological polar surface area (TPSA) is 78.6 Å². The number of allylic oxidation sites excluding steroid dienone is 3. The molecular weight excluding hydrogens is 306 g/mol. The van der Waals surface area contributed by atoms with E-state index in [9.17, 15) is 9.59 Å². The number of esters is 1. The fourth-order valence-electron chi connectivity index (χ4n) is 2.52. The average Bonchev–Trinajstić information content (AvgIpc) is 2.63. The Morgan fingerprint density at radius 2 is 2.04 bits per heavy atom. The summed E-state index contributed by atoms with van der Waals surface area (Å²) in [6.07, 6.45) is 6.24. The van der Waals surface area contributed by atoms with Crippen LogP contribution in [0.25, 0.3) is 0 Å². The quantitative estimate of drug-likeness (QED) is 0.612. The molecule has 5 nitrogen and oxygen atoms in total. The Bertz CT molecular complexity index is 659. The number of carbonyl (C=O) groups is 1. The van der Waals surface area contributed by atoms with Gasteiger partial charge in [-0.3, -0.25) is 4.79 Å². The van der Waals surface area contributed by atoms with Crippen molar-refractivity contribution < 1.29 is 19.1 Å². The van der Waals surface area contributed by atoms with Gasteiger partial charge in [0.2, 0.25) is 0 Å². The molecule has 0 aliphatic heterocycles. The maximum Gasteiger partial charge on any atom is 0.325 e. The molecular formula is C19H21NO4. The summed E-state index contributed by atoms with van der Waals surface area (Å²) in [6.45, 7) is 2.22. The molecule has 1 aliphatic carbocycles. The molecule has 5 heteroatoms. The van der Waals surface area contributed by atoms with Crippen molar-refractivity contribution in [2.75, 3.05) is 6.61 Å². The summed E-state index contributed by atoms with van der Waals surface area (Å²) < 4.78 is 10.9. The minimum atomic E-state index is -1.00. The van der Waals surface area contributed by atoms with Crippen LogP contribution in [0, 0.1) is 5.92 Å². The van der Waals surface area contributed by atoms with Crippen LogP contribution in [0.3, 0.4) is 0 Å². The van der Waals surface area contributed by atoms with Gasteiger partial charge in [0.25, 0.3) is 0 Å². The summed E-state index contributed by atoms with van der Waals surface area (Å²) in [5.41, 5.74) is 7.41. The number of rotatable bonds is 7. The van der Waals surface area contributed by atoms with Crippen LogP contribution in [-0.2, 0) is 25.7 Å². The molecule has 3 atom stereocenters. The summed E-state index contributed by atoms with van der Waals surface area (Å²) in [5, 5.41) is 0. The number of hydrogen-bond donors (Lipinski definition) is 1. The molecule has 126 valence electrons. The molecule has 0 bridgehead atoms. The van der Waals surface area contributed by atoms with Crippen LogP contribution in [0.1, 0.15) is 12.5 Å². The molecule has 0 spiro atoms. The number of carbonyl (C=O) groups excluding carboxylic acids is 2. The van der Waals surface area contributed by atoms with Crippen LogP contribution in [0.5, 0.6) is 0 Å². The lowest BCUT2D eigenvalue weighted by Gasteiger charge is -2.29. The molecule has 0 aromatic heterocycles. The van der Waals surface area contributed by atoms with Crippen molar-refractivity contribution in [3.8, 4) is 0 Å². The first-order valence-electron chi connectivity index (χ1n) is 7.85. The minimum absolute atomic E-state index is 0.231. The number of ether oxygens (including phenoxy) is 2. The first-order valence-corrected chi connectivity index (χ1v) is 7.85. The molecule has 0 amide bonds. The van der Waals surface area contributed by atoms with Crippen molar-refractivity contribution in [1.29, 1.82) is 0 Å². The summed E-state index contributed by atoms with van der Waals surface area (Å²) >= 11 is 0. The van der Waals surface area contributed by atoms with Gasteiger partial charge in [-0.25, -0.2) is 4.79 Å². The third-order valence-electron chi connectivity index (χ3n) is 3.73. The van der Waals surface area contributed by atoms with E-state index < -0.39 is 24.0 Å². The third kappa shape index (κ3) is 4.52. The number of nitrogens with two attached hydrogens (primary N) is 1. The largest absolute Gasteiger partial charge is 0.465 e. The van der Waals surface area contributed by atoms with Gasteiger partial charge in [0.05, 0.1) is 19.3 Å². The first-order chi connectivity index (χ1) is 11.7. The lowest BCUT2D eigenvalue weighted by molar-refractivity contribution is -0.149. The number of benzene rings is 1. The molecule has 3 unspecified atom stereocenters. The molecule has 1 aliphatic rings. The van der Waals surface area contributed by atoms with Crippen molar-refractivity contribution in [3.63, 3.8) is 0 Å². The van der Waals surface area contributed by atoms with E-state index in [0.29, 0.717) is 5.57 Å². The lowest BCUT2D eigenvalue weighted by Crippen LogP contribution is -2.48. The fourth-order valence-corrected chi connectivity index (χ4v) is 2.52. The highest BCUT2D eigenvalue weighted by atomic mass is 16.5. The van der Waals surface area contributed by atoms with Crippen LogP contribution >= 0.6 is 0 Å². The molecule has 1 aromatic carbocycles. The van der Waals surface area contributed by atoms with Crippen LogP contribution < -0.4 is 5.73 Å². The SMILES string of the molecule is CCOC(=O)C(N)C(OCc1ccccc1)C1C=CC=CC1=C=O. The van der Waals surface area contributed by atoms with Crippen molar-refractivity contribution in [1.82, 2.24) is 0 Å². The number of hydrogen-bond acceptors (Lipinski definition) is 5. The van der Waals surface area contributed by atoms with E-state index in [1.807, 2.05) is 36.3 Å². The predicted octanol–water partition coefficient (Wildman–Crippen LogP) is 1.96. The smallest absolute Gasteiger partial charge is 0.325 e. The zero-order chi connectivity index (χ0) is 17.4. The molecule has 2 rings (SSSR count). The zero-order valence-corrected chi connectivity index (χ0v) is 13.6. The van der Waals surface area contributed by atoms with Gasteiger partial charge in [0.1, 0.15) is 12.0 Å². The highest BCUT2D eigenvalue weighted by Crippen LogP contribution is 2.25. The molecule has 0 fully saturated rings.